The predicted molar refractivity (Wildman–Crippen MR) is 112 cm³/mol. The second-order valence-electron chi connectivity index (χ2n) is 8.05. The molecule has 3 heterocycles. The molecule has 1 unspecified atom stereocenters. The van der Waals surface area contributed by atoms with Crippen LogP contribution < -0.4 is 20.8 Å². The molecule has 0 bridgehead atoms. The molecule has 7 heteroatoms. The van der Waals surface area contributed by atoms with Gasteiger partial charge < -0.3 is 23.8 Å². The second kappa shape index (κ2) is 7.23. The molecule has 2 aliphatic rings. The fraction of sp³-hybridized carbons (Fsp3) is 0.391. The van der Waals surface area contributed by atoms with Gasteiger partial charge in [-0.2, -0.15) is 0 Å². The molecule has 1 amide bonds. The van der Waals surface area contributed by atoms with E-state index in [1.54, 1.807) is 6.07 Å². The maximum absolute atomic E-state index is 12.6. The smallest absolute Gasteiger partial charge is 0.492 e. The van der Waals surface area contributed by atoms with Crippen molar-refractivity contribution in [3.8, 4) is 5.75 Å². The van der Waals surface area contributed by atoms with Gasteiger partial charge in [0.15, 0.2) is 11.2 Å². The molecule has 7 nitrogen and oxygen atoms in total. The first-order valence-electron chi connectivity index (χ1n) is 10.4. The van der Waals surface area contributed by atoms with Crippen molar-refractivity contribution in [2.75, 3.05) is 31.1 Å². The first-order valence-corrected chi connectivity index (χ1v) is 10.4. The SMILES string of the molecule is CCCCCNC(=O)CN1CC2(COc3cc4oc(=O)oc4cc32)c2ccccc21. The number of fused-ring (bicyclic) bond motifs is 5. The van der Waals surface area contributed by atoms with Gasteiger partial charge in [-0.1, -0.05) is 38.0 Å². The average Bonchev–Trinajstić information content (AvgIpc) is 3.38. The number of carbonyl (C=O) groups is 1. The highest BCUT2D eigenvalue weighted by atomic mass is 16.6. The summed E-state index contributed by atoms with van der Waals surface area (Å²) in [6, 6.07) is 11.7. The Morgan fingerprint density at radius 3 is 2.77 bits per heavy atom. The van der Waals surface area contributed by atoms with Crippen LogP contribution in [-0.2, 0) is 10.2 Å². The zero-order valence-corrected chi connectivity index (χ0v) is 16.9. The zero-order chi connectivity index (χ0) is 20.7. The Kier molecular flexibility index (Phi) is 4.53. The van der Waals surface area contributed by atoms with Crippen LogP contribution >= 0.6 is 0 Å². The molecule has 1 atom stereocenters. The molecule has 0 saturated heterocycles. The standard InChI is InChI=1S/C23H24N2O5/c1-2-3-6-9-24-21(26)12-25-13-23(15-7-4-5-8-17(15)25)14-28-18-11-20-19(10-16(18)23)29-22(27)30-20/h4-5,7-8,10-11H,2-3,6,9,12-14H2,1H3,(H,24,26). The van der Waals surface area contributed by atoms with E-state index in [9.17, 15) is 9.59 Å². The van der Waals surface area contributed by atoms with Gasteiger partial charge in [-0.05, 0) is 24.1 Å². The molecule has 2 aliphatic heterocycles. The third kappa shape index (κ3) is 2.96. The molecule has 1 N–H and O–H groups in total. The monoisotopic (exact) mass is 408 g/mol. The van der Waals surface area contributed by atoms with E-state index in [4.69, 9.17) is 13.6 Å². The van der Waals surface area contributed by atoms with Gasteiger partial charge in [0.25, 0.3) is 0 Å². The van der Waals surface area contributed by atoms with Crippen LogP contribution in [0, 0.1) is 0 Å². The Labute approximate surface area is 173 Å². The normalized spacial score (nSPS) is 19.2. The number of benzene rings is 2. The molecular weight excluding hydrogens is 384 g/mol. The Bertz CT molecular complexity index is 1160. The molecule has 1 spiro atoms. The van der Waals surface area contributed by atoms with E-state index in [2.05, 4.69) is 23.2 Å². The highest BCUT2D eigenvalue weighted by molar-refractivity contribution is 5.84. The lowest BCUT2D eigenvalue weighted by atomic mass is 9.78. The zero-order valence-electron chi connectivity index (χ0n) is 16.9. The largest absolute Gasteiger partial charge is 0.519 e. The Morgan fingerprint density at radius 2 is 1.93 bits per heavy atom. The maximum Gasteiger partial charge on any atom is 0.519 e. The predicted octanol–water partition coefficient (Wildman–Crippen LogP) is 3.19. The third-order valence-corrected chi connectivity index (χ3v) is 6.08. The van der Waals surface area contributed by atoms with E-state index >= 15 is 0 Å². The molecule has 30 heavy (non-hydrogen) atoms. The summed E-state index contributed by atoms with van der Waals surface area (Å²) in [6.07, 6.45) is 3.24. The quantitative estimate of drug-likeness (QED) is 0.631. The van der Waals surface area contributed by atoms with Gasteiger partial charge in [-0.3, -0.25) is 4.79 Å². The molecule has 0 aliphatic carbocycles. The fourth-order valence-corrected chi connectivity index (χ4v) is 4.65. The van der Waals surface area contributed by atoms with Crippen molar-refractivity contribution in [1.82, 2.24) is 5.32 Å². The number of para-hydroxylation sites is 1. The second-order valence-corrected chi connectivity index (χ2v) is 8.05. The van der Waals surface area contributed by atoms with Crippen LogP contribution in [0.25, 0.3) is 11.2 Å². The van der Waals surface area contributed by atoms with Crippen molar-refractivity contribution in [3.63, 3.8) is 0 Å². The Balaban J connectivity index is 1.46. The minimum atomic E-state index is -0.726. The first kappa shape index (κ1) is 18.8. The van der Waals surface area contributed by atoms with Crippen LogP contribution in [0.15, 0.2) is 50.0 Å². The van der Waals surface area contributed by atoms with Crippen molar-refractivity contribution in [2.45, 2.75) is 31.6 Å². The van der Waals surface area contributed by atoms with E-state index in [-0.39, 0.29) is 5.91 Å². The Hall–Kier alpha value is -3.22. The summed E-state index contributed by atoms with van der Waals surface area (Å²) in [5.74, 6) is -0.0167. The summed E-state index contributed by atoms with van der Waals surface area (Å²) >= 11 is 0. The van der Waals surface area contributed by atoms with Gasteiger partial charge in [0.1, 0.15) is 12.4 Å². The maximum atomic E-state index is 12.6. The molecule has 0 radical (unpaired) electrons. The molecule has 156 valence electrons. The number of carbonyl (C=O) groups excluding carboxylic acids is 1. The number of amides is 1. The van der Waals surface area contributed by atoms with Crippen LogP contribution in [0.5, 0.6) is 5.75 Å². The van der Waals surface area contributed by atoms with E-state index in [1.165, 1.54) is 0 Å². The summed E-state index contributed by atoms with van der Waals surface area (Å²) in [4.78, 5) is 26.2. The molecule has 5 rings (SSSR count). The number of ether oxygens (including phenoxy) is 1. The minimum absolute atomic E-state index is 0.0216. The average molecular weight is 408 g/mol. The summed E-state index contributed by atoms with van der Waals surface area (Å²) in [5.41, 5.74) is 3.48. The van der Waals surface area contributed by atoms with Crippen molar-refractivity contribution in [2.24, 2.45) is 0 Å². The highest BCUT2D eigenvalue weighted by Gasteiger charge is 2.50. The van der Waals surface area contributed by atoms with E-state index in [0.29, 0.717) is 43.2 Å². The van der Waals surface area contributed by atoms with Gasteiger partial charge in [-0.15, -0.1) is 0 Å². The topological polar surface area (TPSA) is 84.9 Å². The molecule has 2 aromatic carbocycles. The Morgan fingerprint density at radius 1 is 1.13 bits per heavy atom. The lowest BCUT2D eigenvalue weighted by Gasteiger charge is -2.24. The number of hydrogen-bond donors (Lipinski definition) is 1. The van der Waals surface area contributed by atoms with Crippen molar-refractivity contribution < 1.29 is 18.4 Å². The number of unbranched alkanes of at least 4 members (excludes halogenated alkanes) is 2. The third-order valence-electron chi connectivity index (χ3n) is 6.08. The minimum Gasteiger partial charge on any atom is -0.492 e. The van der Waals surface area contributed by atoms with E-state index < -0.39 is 11.2 Å². The molecule has 0 saturated carbocycles. The summed E-state index contributed by atoms with van der Waals surface area (Å²) in [7, 11) is 0. The number of anilines is 1. The summed E-state index contributed by atoms with van der Waals surface area (Å²) in [6.45, 7) is 4.23. The molecular formula is C23H24N2O5. The number of nitrogens with zero attached hydrogens (tertiary/aromatic N) is 1. The summed E-state index contributed by atoms with van der Waals surface area (Å²) in [5, 5.41) is 3.03. The van der Waals surface area contributed by atoms with Crippen LogP contribution in [0.2, 0.25) is 0 Å². The first-order chi connectivity index (χ1) is 14.6. The fourth-order valence-electron chi connectivity index (χ4n) is 4.65. The van der Waals surface area contributed by atoms with E-state index in [1.807, 2.05) is 24.3 Å². The van der Waals surface area contributed by atoms with Crippen LogP contribution in [0.4, 0.5) is 5.69 Å². The van der Waals surface area contributed by atoms with Gasteiger partial charge >= 0.3 is 5.82 Å². The number of rotatable bonds is 6. The molecule has 3 aromatic rings. The van der Waals surface area contributed by atoms with Crippen LogP contribution in [-0.4, -0.2) is 32.1 Å². The van der Waals surface area contributed by atoms with Crippen LogP contribution in [0.1, 0.15) is 37.3 Å². The van der Waals surface area contributed by atoms with Crippen molar-refractivity contribution in [3.05, 3.63) is 58.1 Å². The number of nitrogens with one attached hydrogen (secondary N) is 1. The van der Waals surface area contributed by atoms with Gasteiger partial charge in [0.2, 0.25) is 5.91 Å². The number of hydrogen-bond acceptors (Lipinski definition) is 6. The molecule has 0 fully saturated rings. The van der Waals surface area contributed by atoms with Gasteiger partial charge in [0.05, 0.1) is 12.0 Å². The lowest BCUT2D eigenvalue weighted by molar-refractivity contribution is -0.119. The van der Waals surface area contributed by atoms with Gasteiger partial charge in [0, 0.05) is 30.4 Å². The van der Waals surface area contributed by atoms with Crippen molar-refractivity contribution >= 4 is 22.8 Å². The van der Waals surface area contributed by atoms with Crippen LogP contribution in [0.3, 0.4) is 0 Å². The van der Waals surface area contributed by atoms with Gasteiger partial charge in [-0.25, -0.2) is 4.79 Å². The van der Waals surface area contributed by atoms with E-state index in [0.717, 1.165) is 36.1 Å². The highest BCUT2D eigenvalue weighted by Crippen LogP contribution is 2.52. The van der Waals surface area contributed by atoms with Crippen molar-refractivity contribution in [1.29, 1.82) is 0 Å². The molecule has 1 aromatic heterocycles. The lowest BCUT2D eigenvalue weighted by Crippen LogP contribution is -2.41. The summed E-state index contributed by atoms with van der Waals surface area (Å²) < 4.78 is 16.3.